The number of nitrogens with zero attached hydrogens (tertiary/aromatic N) is 1. The number of carboxylic acid groups (broad SMARTS) is 1. The van der Waals surface area contributed by atoms with Crippen molar-refractivity contribution in [1.82, 2.24) is 4.57 Å². The van der Waals surface area contributed by atoms with Crippen LogP contribution in [0.15, 0.2) is 36.4 Å². The number of carbonyl (C=O) groups is 1. The van der Waals surface area contributed by atoms with Crippen molar-refractivity contribution < 1.29 is 19.0 Å². The molecule has 2 heterocycles. The van der Waals surface area contributed by atoms with Gasteiger partial charge in [0.05, 0.1) is 11.4 Å². The summed E-state index contributed by atoms with van der Waals surface area (Å²) in [4.78, 5) is 11.4. The molecule has 182 valence electrons. The second-order valence-corrected chi connectivity index (χ2v) is 10.7. The molecule has 1 aromatic heterocycles. The fourth-order valence-corrected chi connectivity index (χ4v) is 6.89. The summed E-state index contributed by atoms with van der Waals surface area (Å²) in [6.07, 6.45) is 6.61. The van der Waals surface area contributed by atoms with Crippen molar-refractivity contribution in [2.45, 2.75) is 50.4 Å². The maximum absolute atomic E-state index is 13.8. The Hall–Kier alpha value is -3.19. The van der Waals surface area contributed by atoms with Gasteiger partial charge in [-0.2, -0.15) is 0 Å². The molecule has 2 aliphatic carbocycles. The van der Waals surface area contributed by atoms with Gasteiger partial charge in [-0.25, -0.2) is 4.39 Å². The van der Waals surface area contributed by atoms with E-state index >= 15 is 0 Å². The molecule has 3 aliphatic rings. The summed E-state index contributed by atoms with van der Waals surface area (Å²) in [6, 6.07) is 10.6. The first-order valence-corrected chi connectivity index (χ1v) is 12.4. The summed E-state index contributed by atoms with van der Waals surface area (Å²) in [6.45, 7) is 1.41. The third kappa shape index (κ3) is 3.56. The molecule has 1 spiro atoms. The number of hydrogen-bond donors (Lipinski definition) is 3. The Balaban J connectivity index is 1.53. The Labute approximate surface area is 203 Å². The number of aromatic nitrogens is 1. The Morgan fingerprint density at radius 2 is 1.80 bits per heavy atom. The van der Waals surface area contributed by atoms with Crippen molar-refractivity contribution in [1.29, 1.82) is 5.41 Å². The molecule has 0 unspecified atom stereocenters. The van der Waals surface area contributed by atoms with Crippen LogP contribution in [-0.2, 0) is 9.53 Å². The number of hydrogen-bond acceptors (Lipinski definition) is 4. The zero-order valence-electron chi connectivity index (χ0n) is 19.6. The number of nitrogens with two attached hydrogens (primary N) is 1. The number of nitrogen functional groups attached to an aromatic ring is 1. The Morgan fingerprint density at radius 3 is 2.43 bits per heavy atom. The highest BCUT2D eigenvalue weighted by atomic mass is 19.1. The van der Waals surface area contributed by atoms with Crippen LogP contribution in [-0.4, -0.2) is 35.1 Å². The maximum Gasteiger partial charge on any atom is 0.306 e. The molecule has 35 heavy (non-hydrogen) atoms. The first-order chi connectivity index (χ1) is 16.9. The van der Waals surface area contributed by atoms with E-state index in [1.165, 1.54) is 29.6 Å². The molecule has 1 saturated heterocycles. The van der Waals surface area contributed by atoms with E-state index in [9.17, 15) is 14.3 Å². The topological polar surface area (TPSA) is 101 Å². The molecule has 2 saturated carbocycles. The number of benzene rings is 2. The number of nitrogens with one attached hydrogen (secondary N) is 1. The first-order valence-electron chi connectivity index (χ1n) is 12.4. The molecule has 0 radical (unpaired) electrons. The van der Waals surface area contributed by atoms with E-state index in [1.807, 2.05) is 24.3 Å². The quantitative estimate of drug-likeness (QED) is 0.330. The lowest BCUT2D eigenvalue weighted by atomic mass is 9.47. The third-order valence-corrected chi connectivity index (χ3v) is 8.57. The van der Waals surface area contributed by atoms with E-state index in [2.05, 4.69) is 4.57 Å². The fraction of sp³-hybridized carbons (Fsp3) is 0.429. The van der Waals surface area contributed by atoms with Crippen LogP contribution in [0.5, 0.6) is 0 Å². The zero-order valence-corrected chi connectivity index (χ0v) is 19.6. The maximum atomic E-state index is 13.8. The summed E-state index contributed by atoms with van der Waals surface area (Å²) in [5, 5.41) is 18.3. The number of anilines is 1. The predicted octanol–water partition coefficient (Wildman–Crippen LogP) is 5.60. The van der Waals surface area contributed by atoms with Crippen molar-refractivity contribution >= 4 is 28.8 Å². The molecule has 0 bridgehead atoms. The molecule has 3 fully saturated rings. The second kappa shape index (κ2) is 8.19. The van der Waals surface area contributed by atoms with E-state index in [0.29, 0.717) is 36.3 Å². The van der Waals surface area contributed by atoms with E-state index in [4.69, 9.17) is 15.9 Å². The normalized spacial score (nSPS) is 26.4. The average molecular weight is 476 g/mol. The average Bonchev–Trinajstić information content (AvgIpc) is 3.11. The van der Waals surface area contributed by atoms with Crippen LogP contribution in [0.2, 0.25) is 0 Å². The minimum absolute atomic E-state index is 0.144. The highest BCUT2D eigenvalue weighted by Crippen LogP contribution is 2.65. The van der Waals surface area contributed by atoms with Crippen molar-refractivity contribution in [3.8, 4) is 5.69 Å². The van der Waals surface area contributed by atoms with Crippen molar-refractivity contribution in [2.24, 2.45) is 11.3 Å². The lowest BCUT2D eigenvalue weighted by Gasteiger charge is -2.57. The molecule has 0 atom stereocenters. The van der Waals surface area contributed by atoms with E-state index in [1.54, 1.807) is 0 Å². The lowest BCUT2D eigenvalue weighted by molar-refractivity contribution is -0.155. The van der Waals surface area contributed by atoms with E-state index in [-0.39, 0.29) is 17.2 Å². The van der Waals surface area contributed by atoms with Gasteiger partial charge in [-0.05, 0) is 91.8 Å². The predicted molar refractivity (Wildman–Crippen MR) is 133 cm³/mol. The molecular formula is C28H30FN3O3. The molecule has 0 amide bonds. The number of aliphatic carboxylic acids is 1. The molecule has 2 aromatic carbocycles. The van der Waals surface area contributed by atoms with Crippen molar-refractivity contribution in [3.05, 3.63) is 59.0 Å². The Morgan fingerprint density at radius 1 is 1.11 bits per heavy atom. The number of ether oxygens (including phenoxy) is 1. The van der Waals surface area contributed by atoms with Crippen LogP contribution in [0.3, 0.4) is 0 Å². The third-order valence-electron chi connectivity index (χ3n) is 8.57. The summed E-state index contributed by atoms with van der Waals surface area (Å²) < 4.78 is 21.8. The van der Waals surface area contributed by atoms with Gasteiger partial charge in [0.2, 0.25) is 0 Å². The highest BCUT2D eigenvalue weighted by molar-refractivity contribution is 5.98. The molecule has 6 rings (SSSR count). The van der Waals surface area contributed by atoms with Crippen LogP contribution in [0.1, 0.15) is 67.2 Å². The van der Waals surface area contributed by atoms with Crippen LogP contribution < -0.4 is 5.73 Å². The Kier molecular flexibility index (Phi) is 5.22. The molecular weight excluding hydrogens is 445 g/mol. The monoisotopic (exact) mass is 475 g/mol. The van der Waals surface area contributed by atoms with Crippen LogP contribution in [0.4, 0.5) is 10.1 Å². The van der Waals surface area contributed by atoms with E-state index in [0.717, 1.165) is 55.1 Å². The Bertz CT molecular complexity index is 1310. The zero-order chi connectivity index (χ0) is 24.3. The lowest BCUT2D eigenvalue weighted by Crippen LogP contribution is -2.49. The molecule has 1 aliphatic heterocycles. The van der Waals surface area contributed by atoms with Crippen LogP contribution in [0, 0.1) is 22.6 Å². The van der Waals surface area contributed by atoms with Gasteiger partial charge in [0.15, 0.2) is 0 Å². The van der Waals surface area contributed by atoms with Crippen LogP contribution in [0.25, 0.3) is 16.6 Å². The summed E-state index contributed by atoms with van der Waals surface area (Å²) in [7, 11) is 0. The van der Waals surface area contributed by atoms with E-state index < -0.39 is 5.97 Å². The number of fused-ring (bicyclic) bond motifs is 1. The standard InChI is InChI=1S/C28H30FN3O3/c29-20-1-3-21(4-2-20)32-24-9-17(15-30)23(31)10-22(24)25(26(32)16-5-7-35-8-6-16)18-11-28(12-18)13-19(14-28)27(33)34/h1-4,9-10,15-16,18-19,30H,5-8,11-14,31H2,(H,33,34). The first kappa shape index (κ1) is 22.3. The number of carboxylic acids is 1. The largest absolute Gasteiger partial charge is 0.481 e. The fourth-order valence-electron chi connectivity index (χ4n) is 6.89. The molecule has 3 aromatic rings. The summed E-state index contributed by atoms with van der Waals surface area (Å²) in [5.74, 6) is -0.539. The van der Waals surface area contributed by atoms with Crippen molar-refractivity contribution in [2.75, 3.05) is 18.9 Å². The van der Waals surface area contributed by atoms with Gasteiger partial charge in [0, 0.05) is 53.4 Å². The van der Waals surface area contributed by atoms with Gasteiger partial charge in [-0.1, -0.05) is 0 Å². The van der Waals surface area contributed by atoms with Crippen LogP contribution >= 0.6 is 0 Å². The van der Waals surface area contributed by atoms with Gasteiger partial charge >= 0.3 is 5.97 Å². The highest BCUT2D eigenvalue weighted by Gasteiger charge is 2.56. The minimum Gasteiger partial charge on any atom is -0.481 e. The number of halogens is 1. The van der Waals surface area contributed by atoms with Gasteiger partial charge in [-0.15, -0.1) is 0 Å². The van der Waals surface area contributed by atoms with Crippen molar-refractivity contribution in [3.63, 3.8) is 0 Å². The second-order valence-electron chi connectivity index (χ2n) is 10.7. The summed E-state index contributed by atoms with van der Waals surface area (Å²) >= 11 is 0. The van der Waals surface area contributed by atoms with Gasteiger partial charge in [0.25, 0.3) is 0 Å². The minimum atomic E-state index is -0.679. The number of rotatable bonds is 5. The molecule has 4 N–H and O–H groups in total. The smallest absolute Gasteiger partial charge is 0.306 e. The summed E-state index contributed by atoms with van der Waals surface area (Å²) in [5.41, 5.74) is 12.2. The molecule has 7 heteroatoms. The molecule has 6 nitrogen and oxygen atoms in total. The van der Waals surface area contributed by atoms with Gasteiger partial charge < -0.3 is 25.6 Å². The SMILES string of the molecule is N=Cc1cc2c(cc1N)c(C1CC3(CC(C(=O)O)C3)C1)c(C1CCOCC1)n2-c1ccc(F)cc1. The van der Waals surface area contributed by atoms with Gasteiger partial charge in [-0.3, -0.25) is 4.79 Å². The van der Waals surface area contributed by atoms with Gasteiger partial charge in [0.1, 0.15) is 5.82 Å².